The Bertz CT molecular complexity index is 1780. The number of nitrogens with zero attached hydrogens (tertiary/aromatic N) is 2. The first-order chi connectivity index (χ1) is 13.4. The number of benzene rings is 4. The van der Waals surface area contributed by atoms with Crippen molar-refractivity contribution in [1.29, 1.82) is 0 Å². The van der Waals surface area contributed by atoms with Crippen LogP contribution in [0.25, 0.3) is 21.8 Å². The van der Waals surface area contributed by atoms with E-state index in [1.807, 2.05) is 6.07 Å². The highest BCUT2D eigenvalue weighted by Gasteiger charge is 2.16. The molecule has 0 spiro atoms. The number of nitrogens with one attached hydrogen (secondary N) is 1. The largest absolute Gasteiger partial charge is 0.353 e. The van der Waals surface area contributed by atoms with Gasteiger partial charge in [0.05, 0.1) is 27.6 Å². The molecule has 0 aliphatic carbocycles. The fraction of sp³-hybridized carbons (Fsp3) is 0. The fourth-order valence-electron chi connectivity index (χ4n) is 4.51. The summed E-state index contributed by atoms with van der Waals surface area (Å²) in [5.41, 5.74) is 4.24. The number of hydrogen-bond donors (Lipinski definition) is 1. The van der Waals surface area contributed by atoms with Crippen LogP contribution in [0.3, 0.4) is 0 Å². The summed E-state index contributed by atoms with van der Waals surface area (Å²) >= 11 is 0. The molecule has 3 nitrogen and oxygen atoms in total. The third-order valence-corrected chi connectivity index (χ3v) is 5.75. The Morgan fingerprint density at radius 3 is 2.26 bits per heavy atom. The highest BCUT2D eigenvalue weighted by molar-refractivity contribution is 6.07. The predicted octanol–water partition coefficient (Wildman–Crippen LogP) is 4.42. The van der Waals surface area contributed by atoms with Gasteiger partial charge in [0.2, 0.25) is 0 Å². The monoisotopic (exact) mass is 343 g/mol. The van der Waals surface area contributed by atoms with E-state index in [9.17, 15) is 0 Å². The molecule has 0 radical (unpaired) electrons. The third kappa shape index (κ3) is 1.57. The van der Waals surface area contributed by atoms with Gasteiger partial charge in [-0.3, -0.25) is 0 Å². The summed E-state index contributed by atoms with van der Waals surface area (Å²) in [7, 11) is 0. The number of H-pyrrole nitrogens is 1. The van der Waals surface area contributed by atoms with E-state index in [2.05, 4.69) is 71.7 Å². The lowest BCUT2D eigenvalue weighted by atomic mass is 10.1. The average Bonchev–Trinajstić information content (AvgIpc) is 3.38. The summed E-state index contributed by atoms with van der Waals surface area (Å²) in [6, 6.07) is 25.5. The second-order valence-corrected chi connectivity index (χ2v) is 7.15. The van der Waals surface area contributed by atoms with E-state index in [0.717, 1.165) is 33.1 Å². The van der Waals surface area contributed by atoms with Crippen molar-refractivity contribution in [2.24, 2.45) is 9.98 Å². The molecule has 0 unspecified atom stereocenters. The lowest BCUT2D eigenvalue weighted by Crippen LogP contribution is -2.02. The Morgan fingerprint density at radius 1 is 0.556 bits per heavy atom. The molecular weight excluding hydrogens is 330 g/mol. The van der Waals surface area contributed by atoms with E-state index in [-0.39, 0.29) is 0 Å². The first-order valence-electron chi connectivity index (χ1n) is 9.12. The van der Waals surface area contributed by atoms with Gasteiger partial charge in [-0.25, -0.2) is 9.98 Å². The molecule has 4 aromatic carbocycles. The predicted molar refractivity (Wildman–Crippen MR) is 106 cm³/mol. The minimum atomic E-state index is 0.991. The molecule has 0 atom stereocenters. The van der Waals surface area contributed by atoms with Crippen LogP contribution in [-0.2, 0) is 0 Å². The lowest BCUT2D eigenvalue weighted by Gasteiger charge is -1.96. The second kappa shape index (κ2) is 4.51. The zero-order chi connectivity index (χ0) is 17.5. The number of aromatic nitrogens is 1. The van der Waals surface area contributed by atoms with Gasteiger partial charge in [-0.05, 0) is 12.1 Å². The minimum Gasteiger partial charge on any atom is -0.353 e. The van der Waals surface area contributed by atoms with Crippen LogP contribution in [0.15, 0.2) is 82.8 Å². The molecule has 124 valence electrons. The molecule has 2 aliphatic rings. The molecule has 2 aliphatic heterocycles. The van der Waals surface area contributed by atoms with Crippen LogP contribution in [0.1, 0.15) is 0 Å². The standard InChI is InChI=1S/C24H13N3/c1-3-7-19-13(5-1)15-9-11-17-18-12-10-16-14-6-2-4-8-20(14)26-22(16)24(18)27-23(17)21(15)25-19/h1-12,25H. The first-order valence-corrected chi connectivity index (χ1v) is 9.12. The van der Waals surface area contributed by atoms with Crippen molar-refractivity contribution in [3.8, 4) is 0 Å². The molecule has 1 N–H and O–H groups in total. The first kappa shape index (κ1) is 13.5. The average molecular weight is 343 g/mol. The number of aromatic amines is 1. The molecule has 0 amide bonds. The van der Waals surface area contributed by atoms with Crippen molar-refractivity contribution < 1.29 is 0 Å². The van der Waals surface area contributed by atoms with Gasteiger partial charge in [0.25, 0.3) is 0 Å². The second-order valence-electron chi connectivity index (χ2n) is 7.15. The van der Waals surface area contributed by atoms with E-state index < -0.39 is 0 Å². The zero-order valence-electron chi connectivity index (χ0n) is 14.3. The summed E-state index contributed by atoms with van der Waals surface area (Å²) in [5, 5.41) is 9.23. The molecule has 27 heavy (non-hydrogen) atoms. The van der Waals surface area contributed by atoms with E-state index in [1.165, 1.54) is 31.6 Å². The highest BCUT2D eigenvalue weighted by atomic mass is 14.9. The van der Waals surface area contributed by atoms with Crippen LogP contribution < -0.4 is 10.7 Å². The molecule has 3 heteroatoms. The van der Waals surface area contributed by atoms with Gasteiger partial charge >= 0.3 is 0 Å². The molecule has 3 heterocycles. The quantitative estimate of drug-likeness (QED) is 0.423. The number of para-hydroxylation sites is 2. The van der Waals surface area contributed by atoms with Crippen molar-refractivity contribution in [2.45, 2.75) is 0 Å². The zero-order valence-corrected chi connectivity index (χ0v) is 14.3. The van der Waals surface area contributed by atoms with E-state index >= 15 is 0 Å². The minimum absolute atomic E-state index is 0.991. The summed E-state index contributed by atoms with van der Waals surface area (Å²) < 4.78 is 0. The molecule has 7 rings (SSSR count). The van der Waals surface area contributed by atoms with Crippen LogP contribution in [0.5, 0.6) is 0 Å². The van der Waals surface area contributed by atoms with E-state index in [4.69, 9.17) is 9.98 Å². The van der Waals surface area contributed by atoms with E-state index in [0.29, 0.717) is 0 Å². The Labute approximate surface area is 153 Å². The number of rotatable bonds is 0. The molecule has 0 bridgehead atoms. The summed E-state index contributed by atoms with van der Waals surface area (Å²) in [5.74, 6) is 0. The Balaban J connectivity index is 1.71. The smallest absolute Gasteiger partial charge is 0.0980 e. The normalized spacial score (nSPS) is 13.0. The summed E-state index contributed by atoms with van der Waals surface area (Å²) in [4.78, 5) is 13.5. The lowest BCUT2D eigenvalue weighted by molar-refractivity contribution is 1.33. The van der Waals surface area contributed by atoms with Crippen LogP contribution in [-0.4, -0.2) is 4.98 Å². The van der Waals surface area contributed by atoms with Crippen LogP contribution in [0.4, 0.5) is 11.4 Å². The molecule has 1 aromatic heterocycles. The number of hydrogen-bond acceptors (Lipinski definition) is 2. The van der Waals surface area contributed by atoms with Gasteiger partial charge in [0.1, 0.15) is 0 Å². The SMILES string of the molecule is c1ccc2c(c1)=Nc1c3c(ccc1=2)=c1ccc2c([nH]c4ccccc42)c1=N3. The fourth-order valence-corrected chi connectivity index (χ4v) is 4.51. The highest BCUT2D eigenvalue weighted by Crippen LogP contribution is 2.35. The molecule has 5 aromatic rings. The van der Waals surface area contributed by atoms with Crippen LogP contribution in [0, 0.1) is 20.9 Å². The maximum atomic E-state index is 5.07. The van der Waals surface area contributed by atoms with Crippen molar-refractivity contribution in [2.75, 3.05) is 0 Å². The molecular formula is C24H13N3. The molecule has 0 saturated heterocycles. The number of fused-ring (bicyclic) bond motifs is 9. The van der Waals surface area contributed by atoms with Crippen molar-refractivity contribution in [3.63, 3.8) is 0 Å². The van der Waals surface area contributed by atoms with Gasteiger partial charge in [-0.15, -0.1) is 0 Å². The Kier molecular flexibility index (Phi) is 2.25. The van der Waals surface area contributed by atoms with E-state index in [1.54, 1.807) is 0 Å². The maximum Gasteiger partial charge on any atom is 0.0980 e. The third-order valence-electron chi connectivity index (χ3n) is 5.75. The van der Waals surface area contributed by atoms with Crippen LogP contribution >= 0.6 is 0 Å². The summed E-state index contributed by atoms with van der Waals surface area (Å²) in [6.45, 7) is 0. The van der Waals surface area contributed by atoms with Crippen molar-refractivity contribution >= 4 is 33.2 Å². The van der Waals surface area contributed by atoms with Gasteiger partial charge < -0.3 is 4.98 Å². The molecule has 0 fully saturated rings. The van der Waals surface area contributed by atoms with Gasteiger partial charge in [0.15, 0.2) is 0 Å². The van der Waals surface area contributed by atoms with Crippen molar-refractivity contribution in [1.82, 2.24) is 4.98 Å². The topological polar surface area (TPSA) is 40.5 Å². The summed E-state index contributed by atoms with van der Waals surface area (Å²) in [6.07, 6.45) is 0. The van der Waals surface area contributed by atoms with Crippen molar-refractivity contribution in [3.05, 3.63) is 104 Å². The van der Waals surface area contributed by atoms with Gasteiger partial charge in [0, 0.05) is 37.2 Å². The van der Waals surface area contributed by atoms with Gasteiger partial charge in [-0.1, -0.05) is 60.7 Å². The van der Waals surface area contributed by atoms with Crippen LogP contribution in [0.2, 0.25) is 0 Å². The maximum absolute atomic E-state index is 5.07. The molecule has 0 saturated carbocycles. The van der Waals surface area contributed by atoms with Gasteiger partial charge in [-0.2, -0.15) is 0 Å². The Morgan fingerprint density at radius 2 is 1.30 bits per heavy atom. The Hall–Kier alpha value is -3.72.